The van der Waals surface area contributed by atoms with E-state index in [1.807, 2.05) is 45.0 Å². The SMILES string of the molecule is C=Cc1ccccc1C(O)[C@@H]1CCC(=O)N1CCN(C(=O)O)C(C)(C)C. The molecule has 2 amide bonds. The molecule has 1 saturated heterocycles. The second-order valence-electron chi connectivity index (χ2n) is 7.58. The zero-order valence-electron chi connectivity index (χ0n) is 15.7. The molecule has 1 unspecified atom stereocenters. The highest BCUT2D eigenvalue weighted by molar-refractivity contribution is 5.79. The Hall–Kier alpha value is -2.34. The van der Waals surface area contributed by atoms with Gasteiger partial charge in [-0.1, -0.05) is 36.9 Å². The van der Waals surface area contributed by atoms with Crippen molar-refractivity contribution in [2.24, 2.45) is 0 Å². The molecule has 0 spiro atoms. The normalized spacial score (nSPS) is 18.7. The Morgan fingerprint density at radius 2 is 2.08 bits per heavy atom. The number of rotatable bonds is 6. The number of nitrogens with zero attached hydrogens (tertiary/aromatic N) is 2. The van der Waals surface area contributed by atoms with Gasteiger partial charge in [0.1, 0.15) is 0 Å². The molecule has 6 heteroatoms. The van der Waals surface area contributed by atoms with E-state index in [1.165, 1.54) is 4.90 Å². The average molecular weight is 360 g/mol. The first-order valence-electron chi connectivity index (χ1n) is 8.86. The van der Waals surface area contributed by atoms with Crippen LogP contribution in [0.4, 0.5) is 4.79 Å². The van der Waals surface area contributed by atoms with Gasteiger partial charge in [-0.05, 0) is 38.3 Å². The summed E-state index contributed by atoms with van der Waals surface area (Å²) in [6.07, 6.45) is 0.752. The maximum Gasteiger partial charge on any atom is 0.407 e. The van der Waals surface area contributed by atoms with Gasteiger partial charge in [0.15, 0.2) is 0 Å². The van der Waals surface area contributed by atoms with Gasteiger partial charge in [0.2, 0.25) is 5.91 Å². The van der Waals surface area contributed by atoms with Crippen LogP contribution in [0.25, 0.3) is 6.08 Å². The number of carbonyl (C=O) groups excluding carboxylic acids is 1. The van der Waals surface area contributed by atoms with E-state index in [0.717, 1.165) is 11.1 Å². The van der Waals surface area contributed by atoms with Gasteiger partial charge in [0.05, 0.1) is 12.1 Å². The molecule has 26 heavy (non-hydrogen) atoms. The summed E-state index contributed by atoms with van der Waals surface area (Å²) in [6.45, 7) is 9.70. The summed E-state index contributed by atoms with van der Waals surface area (Å²) in [5, 5.41) is 20.3. The quantitative estimate of drug-likeness (QED) is 0.817. The van der Waals surface area contributed by atoms with E-state index >= 15 is 0 Å². The molecule has 2 atom stereocenters. The Morgan fingerprint density at radius 3 is 2.65 bits per heavy atom. The molecule has 0 radical (unpaired) electrons. The lowest BCUT2D eigenvalue weighted by atomic mass is 9.95. The van der Waals surface area contributed by atoms with E-state index in [4.69, 9.17) is 0 Å². The van der Waals surface area contributed by atoms with Crippen LogP contribution >= 0.6 is 0 Å². The molecular weight excluding hydrogens is 332 g/mol. The molecule has 6 nitrogen and oxygen atoms in total. The van der Waals surface area contributed by atoms with Crippen molar-refractivity contribution in [3.63, 3.8) is 0 Å². The third-order valence-corrected chi connectivity index (χ3v) is 4.88. The molecule has 1 aliphatic rings. The van der Waals surface area contributed by atoms with Crippen LogP contribution in [0.2, 0.25) is 0 Å². The molecule has 142 valence electrons. The zero-order chi connectivity index (χ0) is 19.5. The van der Waals surface area contributed by atoms with E-state index in [1.54, 1.807) is 11.0 Å². The van der Waals surface area contributed by atoms with E-state index in [-0.39, 0.29) is 25.0 Å². The van der Waals surface area contributed by atoms with Crippen molar-refractivity contribution in [1.29, 1.82) is 0 Å². The van der Waals surface area contributed by atoms with Gasteiger partial charge < -0.3 is 20.0 Å². The van der Waals surface area contributed by atoms with E-state index in [9.17, 15) is 19.8 Å². The number of carboxylic acid groups (broad SMARTS) is 1. The Labute approximate surface area is 154 Å². The third-order valence-electron chi connectivity index (χ3n) is 4.88. The predicted molar refractivity (Wildman–Crippen MR) is 101 cm³/mol. The van der Waals surface area contributed by atoms with Crippen LogP contribution in [0.1, 0.15) is 50.8 Å². The smallest absolute Gasteiger partial charge is 0.407 e. The van der Waals surface area contributed by atoms with Crippen LogP contribution in [0.3, 0.4) is 0 Å². The van der Waals surface area contributed by atoms with Crippen LogP contribution in [0, 0.1) is 0 Å². The largest absolute Gasteiger partial charge is 0.465 e. The van der Waals surface area contributed by atoms with Crippen molar-refractivity contribution >= 4 is 18.1 Å². The minimum Gasteiger partial charge on any atom is -0.465 e. The highest BCUT2D eigenvalue weighted by Crippen LogP contribution is 2.32. The molecule has 1 heterocycles. The number of hydrogen-bond donors (Lipinski definition) is 2. The fraction of sp³-hybridized carbons (Fsp3) is 0.500. The summed E-state index contributed by atoms with van der Waals surface area (Å²) in [6, 6.07) is 7.07. The fourth-order valence-electron chi connectivity index (χ4n) is 3.47. The summed E-state index contributed by atoms with van der Waals surface area (Å²) in [7, 11) is 0. The minimum atomic E-state index is -1.02. The molecule has 0 aromatic heterocycles. The van der Waals surface area contributed by atoms with E-state index < -0.39 is 17.7 Å². The zero-order valence-corrected chi connectivity index (χ0v) is 15.7. The summed E-state index contributed by atoms with van der Waals surface area (Å²) in [4.78, 5) is 26.8. The number of amides is 2. The molecule has 1 aromatic carbocycles. The first kappa shape index (κ1) is 20.0. The molecule has 0 aliphatic carbocycles. The van der Waals surface area contributed by atoms with Crippen LogP contribution in [0.5, 0.6) is 0 Å². The number of aliphatic hydroxyl groups excluding tert-OH is 1. The first-order chi connectivity index (χ1) is 12.2. The van der Waals surface area contributed by atoms with Gasteiger partial charge in [-0.2, -0.15) is 0 Å². The van der Waals surface area contributed by atoms with Gasteiger partial charge >= 0.3 is 6.09 Å². The maximum atomic E-state index is 12.3. The van der Waals surface area contributed by atoms with Gasteiger partial charge in [0.25, 0.3) is 0 Å². The highest BCUT2D eigenvalue weighted by atomic mass is 16.4. The average Bonchev–Trinajstić information content (AvgIpc) is 2.93. The lowest BCUT2D eigenvalue weighted by molar-refractivity contribution is -0.130. The van der Waals surface area contributed by atoms with Gasteiger partial charge in [-0.3, -0.25) is 4.79 Å². The maximum absolute atomic E-state index is 12.3. The Bertz CT molecular complexity index is 681. The number of benzene rings is 1. The Balaban J connectivity index is 2.18. The molecular formula is C20H28N2O4. The number of aliphatic hydroxyl groups is 1. The first-order valence-corrected chi connectivity index (χ1v) is 8.86. The van der Waals surface area contributed by atoms with Gasteiger partial charge in [0, 0.05) is 25.0 Å². The fourth-order valence-corrected chi connectivity index (χ4v) is 3.47. The van der Waals surface area contributed by atoms with Crippen LogP contribution in [-0.2, 0) is 4.79 Å². The molecule has 1 aromatic rings. The van der Waals surface area contributed by atoms with Crippen LogP contribution in [-0.4, -0.2) is 56.7 Å². The third kappa shape index (κ3) is 4.25. The Morgan fingerprint density at radius 1 is 1.42 bits per heavy atom. The van der Waals surface area contributed by atoms with Gasteiger partial charge in [-0.25, -0.2) is 4.79 Å². The van der Waals surface area contributed by atoms with Crippen molar-refractivity contribution in [3.05, 3.63) is 42.0 Å². The van der Waals surface area contributed by atoms with Crippen molar-refractivity contribution < 1.29 is 19.8 Å². The molecule has 1 fully saturated rings. The van der Waals surface area contributed by atoms with E-state index in [2.05, 4.69) is 6.58 Å². The lowest BCUT2D eigenvalue weighted by Crippen LogP contribution is -2.50. The van der Waals surface area contributed by atoms with Crippen molar-refractivity contribution in [3.8, 4) is 0 Å². The number of hydrogen-bond acceptors (Lipinski definition) is 3. The second kappa shape index (κ2) is 7.91. The Kier molecular flexibility index (Phi) is 6.08. The molecule has 1 aliphatic heterocycles. The standard InChI is InChI=1S/C20H28N2O4/c1-5-14-8-6-7-9-15(14)18(24)16-10-11-17(23)21(16)12-13-22(19(25)26)20(2,3)4/h5-9,16,18,24H,1,10-13H2,2-4H3,(H,25,26)/t16-,18?/m0/s1. The van der Waals surface area contributed by atoms with E-state index in [0.29, 0.717) is 12.8 Å². The molecule has 2 N–H and O–H groups in total. The van der Waals surface area contributed by atoms with Crippen molar-refractivity contribution in [2.75, 3.05) is 13.1 Å². The summed E-state index contributed by atoms with van der Waals surface area (Å²) >= 11 is 0. The summed E-state index contributed by atoms with van der Waals surface area (Å²) in [5.41, 5.74) is 1.01. The van der Waals surface area contributed by atoms with Crippen LogP contribution in [0.15, 0.2) is 30.8 Å². The predicted octanol–water partition coefficient (Wildman–Crippen LogP) is 3.13. The summed E-state index contributed by atoms with van der Waals surface area (Å²) in [5.74, 6) is -0.0515. The lowest BCUT2D eigenvalue weighted by Gasteiger charge is -2.36. The number of likely N-dealkylation sites (tertiary alicyclic amines) is 1. The molecule has 2 rings (SSSR count). The van der Waals surface area contributed by atoms with Crippen molar-refractivity contribution in [2.45, 2.75) is 51.3 Å². The van der Waals surface area contributed by atoms with Crippen molar-refractivity contribution in [1.82, 2.24) is 9.80 Å². The van der Waals surface area contributed by atoms with Gasteiger partial charge in [-0.15, -0.1) is 0 Å². The highest BCUT2D eigenvalue weighted by Gasteiger charge is 2.38. The summed E-state index contributed by atoms with van der Waals surface area (Å²) < 4.78 is 0. The molecule has 0 bridgehead atoms. The monoisotopic (exact) mass is 360 g/mol. The topological polar surface area (TPSA) is 81.1 Å². The number of carbonyl (C=O) groups is 2. The second-order valence-corrected chi connectivity index (χ2v) is 7.58. The minimum absolute atomic E-state index is 0.0515. The van der Waals surface area contributed by atoms with Crippen LogP contribution < -0.4 is 0 Å². The molecule has 0 saturated carbocycles.